The molecule has 2 aromatic heterocycles. The molecule has 0 atom stereocenters. The Morgan fingerprint density at radius 2 is 1.15 bits per heavy atom. The molecule has 0 aliphatic carbocycles. The van der Waals surface area contributed by atoms with Crippen molar-refractivity contribution in [3.05, 3.63) is 59.2 Å². The van der Waals surface area contributed by atoms with Gasteiger partial charge in [-0.15, -0.1) is 0 Å². The number of carbonyl (C=O) groups excluding carboxylic acids is 2. The van der Waals surface area contributed by atoms with Gasteiger partial charge in [0.2, 0.25) is 0 Å². The fraction of sp³-hybridized carbons (Fsp3) is 0.400. The largest absolute Gasteiger partial charge is 0.352 e. The maximum atomic E-state index is 11.9. The smallest absolute Gasteiger partial charge is 0.252 e. The fourth-order valence-electron chi connectivity index (χ4n) is 2.42. The van der Waals surface area contributed by atoms with Crippen molar-refractivity contribution in [2.24, 2.45) is 0 Å². The van der Waals surface area contributed by atoms with E-state index >= 15 is 0 Å². The van der Waals surface area contributed by atoms with Gasteiger partial charge in [-0.25, -0.2) is 0 Å². The van der Waals surface area contributed by atoms with Crippen LogP contribution >= 0.6 is 0 Å². The molecule has 0 aliphatic rings. The molecule has 0 spiro atoms. The summed E-state index contributed by atoms with van der Waals surface area (Å²) in [4.78, 5) is 32.1. The summed E-state index contributed by atoms with van der Waals surface area (Å²) in [6.45, 7) is 5.08. The lowest BCUT2D eigenvalue weighted by atomic mass is 10.2. The Hall–Kier alpha value is -2.76. The maximum Gasteiger partial charge on any atom is 0.252 e. The molecular formula is C20H26N4O2. The van der Waals surface area contributed by atoms with Crippen molar-refractivity contribution in [2.45, 2.75) is 39.5 Å². The molecule has 138 valence electrons. The number of carbonyl (C=O) groups is 2. The van der Waals surface area contributed by atoms with Crippen molar-refractivity contribution in [3.63, 3.8) is 0 Å². The van der Waals surface area contributed by atoms with Crippen molar-refractivity contribution in [1.82, 2.24) is 20.6 Å². The van der Waals surface area contributed by atoms with E-state index in [-0.39, 0.29) is 11.8 Å². The molecule has 2 heterocycles. The molecule has 6 nitrogen and oxygen atoms in total. The molecule has 0 fully saturated rings. The van der Waals surface area contributed by atoms with Crippen LogP contribution in [0.3, 0.4) is 0 Å². The normalized spacial score (nSPS) is 10.4. The monoisotopic (exact) mass is 354 g/mol. The van der Waals surface area contributed by atoms with Crippen molar-refractivity contribution < 1.29 is 9.59 Å². The molecule has 2 amide bonds. The highest BCUT2D eigenvalue weighted by molar-refractivity contribution is 5.94. The lowest BCUT2D eigenvalue weighted by Crippen LogP contribution is -2.25. The van der Waals surface area contributed by atoms with Crippen molar-refractivity contribution >= 4 is 11.8 Å². The highest BCUT2D eigenvalue weighted by Gasteiger charge is 2.05. The van der Waals surface area contributed by atoms with Crippen molar-refractivity contribution in [3.8, 4) is 0 Å². The maximum absolute atomic E-state index is 11.9. The van der Waals surface area contributed by atoms with Gasteiger partial charge in [0.05, 0.1) is 11.1 Å². The summed E-state index contributed by atoms with van der Waals surface area (Å²) < 4.78 is 0. The number of rotatable bonds is 9. The average molecular weight is 354 g/mol. The first-order chi connectivity index (χ1) is 12.6. The van der Waals surface area contributed by atoms with Crippen molar-refractivity contribution in [2.75, 3.05) is 13.1 Å². The summed E-state index contributed by atoms with van der Waals surface area (Å²) >= 11 is 0. The molecule has 0 bridgehead atoms. The van der Waals surface area contributed by atoms with Crippen molar-refractivity contribution in [1.29, 1.82) is 0 Å². The van der Waals surface area contributed by atoms with Gasteiger partial charge < -0.3 is 10.6 Å². The Kier molecular flexibility index (Phi) is 7.74. The molecule has 0 unspecified atom stereocenters. The number of pyridine rings is 2. The number of hydrogen-bond donors (Lipinski definition) is 2. The fourth-order valence-corrected chi connectivity index (χ4v) is 2.42. The van der Waals surface area contributed by atoms with E-state index in [4.69, 9.17) is 0 Å². The molecule has 26 heavy (non-hydrogen) atoms. The molecule has 2 N–H and O–H groups in total. The van der Waals surface area contributed by atoms with Crippen LogP contribution in [0.1, 0.15) is 57.8 Å². The Morgan fingerprint density at radius 3 is 1.50 bits per heavy atom. The van der Waals surface area contributed by atoms with E-state index in [9.17, 15) is 9.59 Å². The highest BCUT2D eigenvalue weighted by atomic mass is 16.2. The summed E-state index contributed by atoms with van der Waals surface area (Å²) in [5.74, 6) is -0.173. The first kappa shape index (κ1) is 19.6. The standard InChI is InChI=1S/C20H26N4O2/c1-15-7-9-17(13-23-15)19(25)21-11-5-3-4-6-12-22-20(26)18-10-8-16(2)24-14-18/h7-10,13-14H,3-6,11-12H2,1-2H3,(H,21,25)(H,22,26). The molecule has 0 saturated carbocycles. The van der Waals surface area contributed by atoms with E-state index < -0.39 is 0 Å². The molecule has 2 rings (SSSR count). The lowest BCUT2D eigenvalue weighted by molar-refractivity contribution is 0.0943. The van der Waals surface area contributed by atoms with E-state index in [0.29, 0.717) is 24.2 Å². The van der Waals surface area contributed by atoms with Gasteiger partial charge in [0.1, 0.15) is 0 Å². The average Bonchev–Trinajstić information content (AvgIpc) is 2.64. The van der Waals surface area contributed by atoms with Gasteiger partial charge in [0.25, 0.3) is 11.8 Å². The number of hydrogen-bond acceptors (Lipinski definition) is 4. The second kappa shape index (κ2) is 10.3. The number of nitrogens with one attached hydrogen (secondary N) is 2. The number of unbranched alkanes of at least 4 members (excludes halogenated alkanes) is 3. The first-order valence-corrected chi connectivity index (χ1v) is 8.98. The van der Waals surface area contributed by atoms with Crippen LogP contribution in [0.15, 0.2) is 36.7 Å². The minimum absolute atomic E-state index is 0.0866. The van der Waals surface area contributed by atoms with Gasteiger partial charge in [-0.05, 0) is 51.0 Å². The molecule has 0 saturated heterocycles. The third kappa shape index (κ3) is 6.63. The minimum atomic E-state index is -0.0866. The lowest BCUT2D eigenvalue weighted by Gasteiger charge is -2.07. The zero-order valence-corrected chi connectivity index (χ0v) is 15.4. The van der Waals surface area contributed by atoms with Gasteiger partial charge in [-0.3, -0.25) is 19.6 Å². The Bertz CT molecular complexity index is 648. The summed E-state index contributed by atoms with van der Waals surface area (Å²) in [6.07, 6.45) is 7.04. The van der Waals surface area contributed by atoms with Gasteiger partial charge in [0, 0.05) is 36.9 Å². The quantitative estimate of drug-likeness (QED) is 0.678. The van der Waals surface area contributed by atoms with Gasteiger partial charge in [-0.1, -0.05) is 12.8 Å². The molecule has 2 aromatic rings. The third-order valence-corrected chi connectivity index (χ3v) is 4.02. The summed E-state index contributed by atoms with van der Waals surface area (Å²) in [5.41, 5.74) is 2.97. The number of amides is 2. The molecular weight excluding hydrogens is 328 g/mol. The van der Waals surface area contributed by atoms with Gasteiger partial charge in [0.15, 0.2) is 0 Å². The van der Waals surface area contributed by atoms with Gasteiger partial charge in [-0.2, -0.15) is 0 Å². The predicted molar refractivity (Wildman–Crippen MR) is 101 cm³/mol. The predicted octanol–water partition coefficient (Wildman–Crippen LogP) is 2.81. The topological polar surface area (TPSA) is 84.0 Å². The third-order valence-electron chi connectivity index (χ3n) is 4.02. The second-order valence-corrected chi connectivity index (χ2v) is 6.30. The summed E-state index contributed by atoms with van der Waals surface area (Å²) in [5, 5.41) is 5.80. The van der Waals surface area contributed by atoms with Crippen LogP contribution in [0.25, 0.3) is 0 Å². The Balaban J connectivity index is 1.51. The van der Waals surface area contributed by atoms with Crippen LogP contribution in [0.4, 0.5) is 0 Å². The zero-order chi connectivity index (χ0) is 18.8. The van der Waals surface area contributed by atoms with E-state index in [1.165, 1.54) is 0 Å². The highest BCUT2D eigenvalue weighted by Crippen LogP contribution is 2.02. The molecule has 0 aliphatic heterocycles. The molecule has 6 heteroatoms. The Labute approximate surface area is 154 Å². The van der Waals surface area contributed by atoms with Crippen LogP contribution in [-0.4, -0.2) is 34.9 Å². The van der Waals surface area contributed by atoms with Crippen LogP contribution in [0.5, 0.6) is 0 Å². The minimum Gasteiger partial charge on any atom is -0.352 e. The van der Waals surface area contributed by atoms with Crippen LogP contribution in [-0.2, 0) is 0 Å². The van der Waals surface area contributed by atoms with Crippen LogP contribution < -0.4 is 10.6 Å². The SMILES string of the molecule is Cc1ccc(C(=O)NCCCCCCNC(=O)c2ccc(C)nc2)cn1. The summed E-state index contributed by atoms with van der Waals surface area (Å²) in [6, 6.07) is 7.22. The van der Waals surface area contributed by atoms with E-state index in [0.717, 1.165) is 37.1 Å². The van der Waals surface area contributed by atoms with Gasteiger partial charge >= 0.3 is 0 Å². The number of aromatic nitrogens is 2. The second-order valence-electron chi connectivity index (χ2n) is 6.30. The number of aryl methyl sites for hydroxylation is 2. The number of nitrogens with zero attached hydrogens (tertiary/aromatic N) is 2. The van der Waals surface area contributed by atoms with Crippen LogP contribution in [0, 0.1) is 13.8 Å². The first-order valence-electron chi connectivity index (χ1n) is 8.98. The van der Waals surface area contributed by atoms with E-state index in [1.807, 2.05) is 26.0 Å². The zero-order valence-electron chi connectivity index (χ0n) is 15.4. The summed E-state index contributed by atoms with van der Waals surface area (Å²) in [7, 11) is 0. The van der Waals surface area contributed by atoms with E-state index in [1.54, 1.807) is 24.5 Å². The van der Waals surface area contributed by atoms with E-state index in [2.05, 4.69) is 20.6 Å². The Morgan fingerprint density at radius 1 is 0.731 bits per heavy atom. The van der Waals surface area contributed by atoms with Crippen LogP contribution in [0.2, 0.25) is 0 Å². The molecule has 0 radical (unpaired) electrons. The molecule has 0 aromatic carbocycles.